The van der Waals surface area contributed by atoms with Crippen molar-refractivity contribution in [2.75, 3.05) is 10.6 Å². The Morgan fingerprint density at radius 1 is 1.10 bits per heavy atom. The van der Waals surface area contributed by atoms with E-state index in [2.05, 4.69) is 26.6 Å². The van der Waals surface area contributed by atoms with Crippen LogP contribution in [0.3, 0.4) is 0 Å². The second kappa shape index (κ2) is 6.49. The van der Waals surface area contributed by atoms with Gasteiger partial charge in [-0.25, -0.2) is 9.18 Å². The molecule has 0 fully saturated rings. The third-order valence-corrected chi connectivity index (χ3v) is 3.20. The molecule has 0 aliphatic carbocycles. The minimum absolute atomic E-state index is 0.0680. The number of benzene rings is 2. The van der Waals surface area contributed by atoms with Gasteiger partial charge in [0, 0.05) is 15.7 Å². The summed E-state index contributed by atoms with van der Waals surface area (Å²) in [6.45, 7) is 1.44. The van der Waals surface area contributed by atoms with E-state index in [0.717, 1.165) is 0 Å². The van der Waals surface area contributed by atoms with Gasteiger partial charge in [0.25, 0.3) is 0 Å². The monoisotopic (exact) mass is 350 g/mol. The van der Waals surface area contributed by atoms with E-state index < -0.39 is 11.8 Å². The molecule has 0 aliphatic rings. The number of nitrogens with one attached hydrogen (secondary N) is 2. The van der Waals surface area contributed by atoms with Gasteiger partial charge in [-0.1, -0.05) is 28.1 Å². The Balaban J connectivity index is 2.08. The molecule has 2 N–H and O–H groups in total. The lowest BCUT2D eigenvalue weighted by Gasteiger charge is -2.09. The van der Waals surface area contributed by atoms with Crippen LogP contribution < -0.4 is 10.6 Å². The predicted molar refractivity (Wildman–Crippen MR) is 83.2 cm³/mol. The summed E-state index contributed by atoms with van der Waals surface area (Å²) >= 11 is 3.14. The van der Waals surface area contributed by atoms with Crippen molar-refractivity contribution in [2.24, 2.45) is 0 Å². The molecule has 0 saturated heterocycles. The van der Waals surface area contributed by atoms with Crippen LogP contribution in [0.1, 0.15) is 17.3 Å². The average Bonchev–Trinajstić information content (AvgIpc) is 2.42. The van der Waals surface area contributed by atoms with Gasteiger partial charge in [0.05, 0.1) is 5.69 Å². The first-order valence-electron chi connectivity index (χ1n) is 6.10. The Bertz CT molecular complexity index is 704. The van der Waals surface area contributed by atoms with Crippen LogP contribution in [0.15, 0.2) is 46.9 Å². The lowest BCUT2D eigenvalue weighted by Crippen LogP contribution is -2.20. The number of carbonyl (C=O) groups excluding carboxylic acids is 2. The molecule has 2 rings (SSSR count). The summed E-state index contributed by atoms with van der Waals surface area (Å²) in [6, 6.07) is 10.2. The quantitative estimate of drug-likeness (QED) is 0.804. The number of ketones is 1. The summed E-state index contributed by atoms with van der Waals surface area (Å²) in [7, 11) is 0. The van der Waals surface area contributed by atoms with Gasteiger partial charge in [0.1, 0.15) is 5.82 Å². The minimum Gasteiger partial charge on any atom is -0.308 e. The number of Topliss-reactive ketones (excluding diaryl/α,β-unsaturated/α-hetero) is 1. The summed E-state index contributed by atoms with van der Waals surface area (Å²) in [6.07, 6.45) is 0. The second-order valence-electron chi connectivity index (χ2n) is 4.34. The molecular formula is C15H12BrFN2O2. The summed E-state index contributed by atoms with van der Waals surface area (Å²) in [5, 5.41) is 4.95. The Morgan fingerprint density at radius 2 is 1.86 bits per heavy atom. The maximum atomic E-state index is 13.6. The van der Waals surface area contributed by atoms with E-state index in [-0.39, 0.29) is 11.5 Å². The zero-order chi connectivity index (χ0) is 15.4. The molecule has 0 aliphatic heterocycles. The molecule has 2 aromatic rings. The highest BCUT2D eigenvalue weighted by Gasteiger charge is 2.08. The summed E-state index contributed by atoms with van der Waals surface area (Å²) in [5.41, 5.74) is 1.01. The van der Waals surface area contributed by atoms with E-state index in [4.69, 9.17) is 0 Å². The standard InChI is InChI=1S/C15H12BrFN2O2/c1-9(20)10-3-2-4-12(7-10)18-15(21)19-14-6-5-11(16)8-13(14)17/h2-8H,1H3,(H2,18,19,21). The molecule has 108 valence electrons. The van der Waals surface area contributed by atoms with Crippen molar-refractivity contribution in [3.63, 3.8) is 0 Å². The van der Waals surface area contributed by atoms with Gasteiger partial charge in [-0.15, -0.1) is 0 Å². The first-order chi connectivity index (χ1) is 9.95. The van der Waals surface area contributed by atoms with Gasteiger partial charge >= 0.3 is 6.03 Å². The smallest absolute Gasteiger partial charge is 0.308 e. The largest absolute Gasteiger partial charge is 0.323 e. The molecule has 0 spiro atoms. The van der Waals surface area contributed by atoms with Crippen LogP contribution in [0.5, 0.6) is 0 Å². The Kier molecular flexibility index (Phi) is 4.70. The van der Waals surface area contributed by atoms with Crippen LogP contribution in [0.2, 0.25) is 0 Å². The van der Waals surface area contributed by atoms with Crippen LogP contribution >= 0.6 is 15.9 Å². The fourth-order valence-corrected chi connectivity index (χ4v) is 2.02. The van der Waals surface area contributed by atoms with Crippen molar-refractivity contribution in [3.8, 4) is 0 Å². The summed E-state index contributed by atoms with van der Waals surface area (Å²) in [4.78, 5) is 23.1. The first kappa shape index (κ1) is 15.2. The van der Waals surface area contributed by atoms with Gasteiger partial charge < -0.3 is 10.6 Å². The molecule has 0 atom stereocenters. The third kappa shape index (κ3) is 4.13. The molecule has 0 saturated carbocycles. The Hall–Kier alpha value is -2.21. The van der Waals surface area contributed by atoms with Crippen molar-refractivity contribution in [1.82, 2.24) is 0 Å². The van der Waals surface area contributed by atoms with Gasteiger partial charge in [0.15, 0.2) is 5.78 Å². The molecule has 0 radical (unpaired) electrons. The highest BCUT2D eigenvalue weighted by molar-refractivity contribution is 9.10. The molecular weight excluding hydrogens is 339 g/mol. The number of hydrogen-bond donors (Lipinski definition) is 2. The van der Waals surface area contributed by atoms with Crippen molar-refractivity contribution in [1.29, 1.82) is 0 Å². The second-order valence-corrected chi connectivity index (χ2v) is 5.26. The lowest BCUT2D eigenvalue weighted by molar-refractivity contribution is 0.101. The van der Waals surface area contributed by atoms with E-state index in [1.165, 1.54) is 19.1 Å². The molecule has 0 heterocycles. The average molecular weight is 351 g/mol. The Morgan fingerprint density at radius 3 is 2.52 bits per heavy atom. The fraction of sp³-hybridized carbons (Fsp3) is 0.0667. The molecule has 2 amide bonds. The number of rotatable bonds is 3. The number of carbonyl (C=O) groups is 2. The highest BCUT2D eigenvalue weighted by atomic mass is 79.9. The van der Waals surface area contributed by atoms with Crippen LogP contribution in [0.25, 0.3) is 0 Å². The van der Waals surface area contributed by atoms with Crippen LogP contribution in [0.4, 0.5) is 20.6 Å². The van der Waals surface area contributed by atoms with Gasteiger partial charge in [-0.05, 0) is 37.3 Å². The van der Waals surface area contributed by atoms with Crippen molar-refractivity contribution in [2.45, 2.75) is 6.92 Å². The predicted octanol–water partition coefficient (Wildman–Crippen LogP) is 4.43. The van der Waals surface area contributed by atoms with E-state index in [9.17, 15) is 14.0 Å². The molecule has 6 heteroatoms. The zero-order valence-electron chi connectivity index (χ0n) is 11.1. The van der Waals surface area contributed by atoms with Crippen molar-refractivity contribution >= 4 is 39.1 Å². The summed E-state index contributed by atoms with van der Waals surface area (Å²) in [5.74, 6) is -0.643. The molecule has 0 bridgehead atoms. The maximum Gasteiger partial charge on any atom is 0.323 e. The molecule has 0 aromatic heterocycles. The van der Waals surface area contributed by atoms with Gasteiger partial charge in [0.2, 0.25) is 0 Å². The van der Waals surface area contributed by atoms with E-state index in [1.54, 1.807) is 30.3 Å². The number of halogens is 2. The van der Waals surface area contributed by atoms with E-state index in [0.29, 0.717) is 15.7 Å². The van der Waals surface area contributed by atoms with E-state index >= 15 is 0 Å². The maximum absolute atomic E-state index is 13.6. The van der Waals surface area contributed by atoms with Gasteiger partial charge in [-0.3, -0.25) is 4.79 Å². The van der Waals surface area contributed by atoms with Crippen molar-refractivity contribution in [3.05, 3.63) is 58.3 Å². The molecule has 4 nitrogen and oxygen atoms in total. The number of amides is 2. The van der Waals surface area contributed by atoms with Crippen LogP contribution in [-0.4, -0.2) is 11.8 Å². The minimum atomic E-state index is -0.586. The lowest BCUT2D eigenvalue weighted by atomic mass is 10.1. The topological polar surface area (TPSA) is 58.2 Å². The number of anilines is 2. The van der Waals surface area contributed by atoms with Crippen LogP contribution in [-0.2, 0) is 0 Å². The number of hydrogen-bond acceptors (Lipinski definition) is 2. The normalized spacial score (nSPS) is 10.0. The zero-order valence-corrected chi connectivity index (χ0v) is 12.7. The van der Waals surface area contributed by atoms with Crippen molar-refractivity contribution < 1.29 is 14.0 Å². The van der Waals surface area contributed by atoms with Gasteiger partial charge in [-0.2, -0.15) is 0 Å². The van der Waals surface area contributed by atoms with Crippen LogP contribution in [0, 0.1) is 5.82 Å². The highest BCUT2D eigenvalue weighted by Crippen LogP contribution is 2.19. The SMILES string of the molecule is CC(=O)c1cccc(NC(=O)Nc2ccc(Br)cc2F)c1. The number of urea groups is 1. The molecule has 21 heavy (non-hydrogen) atoms. The molecule has 2 aromatic carbocycles. The van der Waals surface area contributed by atoms with E-state index in [1.807, 2.05) is 0 Å². The third-order valence-electron chi connectivity index (χ3n) is 2.71. The fourth-order valence-electron chi connectivity index (χ4n) is 1.69. The first-order valence-corrected chi connectivity index (χ1v) is 6.89. The Labute approximate surface area is 129 Å². The summed E-state index contributed by atoms with van der Waals surface area (Å²) < 4.78 is 14.2. The molecule has 0 unspecified atom stereocenters.